The maximum Gasteiger partial charge on any atom is 0.150 e. The molecule has 0 aromatic carbocycles. The highest BCUT2D eigenvalue weighted by Gasteiger charge is 2.31. The summed E-state index contributed by atoms with van der Waals surface area (Å²) in [5.41, 5.74) is 5.10. The highest BCUT2D eigenvalue weighted by molar-refractivity contribution is 7.91. The summed E-state index contributed by atoms with van der Waals surface area (Å²) in [5, 5.41) is 10.2. The molecule has 1 fully saturated rings. The lowest BCUT2D eigenvalue weighted by atomic mass is 9.80. The molecule has 0 heterocycles. The van der Waals surface area contributed by atoms with Crippen LogP contribution >= 0.6 is 0 Å². The molecule has 1 saturated carbocycles. The van der Waals surface area contributed by atoms with E-state index in [2.05, 4.69) is 0 Å². The van der Waals surface area contributed by atoms with Gasteiger partial charge in [-0.05, 0) is 38.5 Å². The van der Waals surface area contributed by atoms with Gasteiger partial charge in [-0.2, -0.15) is 0 Å². The van der Waals surface area contributed by atoms with Gasteiger partial charge in [-0.1, -0.05) is 6.92 Å². The van der Waals surface area contributed by atoms with Crippen LogP contribution in [0.2, 0.25) is 0 Å². The van der Waals surface area contributed by atoms with Gasteiger partial charge in [-0.3, -0.25) is 0 Å². The first-order chi connectivity index (χ1) is 7.37. The lowest BCUT2D eigenvalue weighted by molar-refractivity contribution is -0.00816. The van der Waals surface area contributed by atoms with Crippen molar-refractivity contribution in [3.63, 3.8) is 0 Å². The van der Waals surface area contributed by atoms with Gasteiger partial charge in [0.05, 0.1) is 11.4 Å². The minimum Gasteiger partial charge on any atom is -0.390 e. The number of aliphatic hydroxyl groups is 1. The average molecular weight is 249 g/mol. The molecular weight excluding hydrogens is 226 g/mol. The fraction of sp³-hybridized carbons (Fsp3) is 1.00. The van der Waals surface area contributed by atoms with E-state index in [4.69, 9.17) is 5.73 Å². The molecule has 5 heteroatoms. The molecular formula is C11H23NO3S. The molecule has 1 aliphatic rings. The van der Waals surface area contributed by atoms with Crippen molar-refractivity contribution in [1.82, 2.24) is 0 Å². The van der Waals surface area contributed by atoms with Crippen molar-refractivity contribution >= 4 is 9.84 Å². The van der Waals surface area contributed by atoms with E-state index in [0.717, 1.165) is 12.8 Å². The first-order valence-electron chi connectivity index (χ1n) is 6.05. The Morgan fingerprint density at radius 2 is 1.94 bits per heavy atom. The second-order valence-corrected chi connectivity index (χ2v) is 7.37. The van der Waals surface area contributed by atoms with E-state index >= 15 is 0 Å². The van der Waals surface area contributed by atoms with Crippen LogP contribution in [0, 0.1) is 0 Å². The molecule has 0 atom stereocenters. The lowest BCUT2D eigenvalue weighted by Gasteiger charge is -2.34. The first kappa shape index (κ1) is 13.9. The normalized spacial score (nSPS) is 31.6. The number of rotatable bonds is 5. The lowest BCUT2D eigenvalue weighted by Crippen LogP contribution is -2.39. The summed E-state index contributed by atoms with van der Waals surface area (Å²) in [6.45, 7) is 1.66. The van der Waals surface area contributed by atoms with Crippen molar-refractivity contribution in [3.8, 4) is 0 Å². The molecule has 0 spiro atoms. The van der Waals surface area contributed by atoms with E-state index in [0.29, 0.717) is 25.7 Å². The third-order valence-electron chi connectivity index (χ3n) is 3.50. The average Bonchev–Trinajstić information content (AvgIpc) is 2.23. The summed E-state index contributed by atoms with van der Waals surface area (Å²) in [5.74, 6) is 0.383. The second-order valence-electron chi connectivity index (χ2n) is 4.90. The molecule has 0 bridgehead atoms. The summed E-state index contributed by atoms with van der Waals surface area (Å²) < 4.78 is 22.6. The van der Waals surface area contributed by atoms with E-state index < -0.39 is 15.4 Å². The number of sulfone groups is 1. The van der Waals surface area contributed by atoms with E-state index in [-0.39, 0.29) is 17.5 Å². The Labute approximate surface area is 98.1 Å². The van der Waals surface area contributed by atoms with Crippen molar-refractivity contribution in [1.29, 1.82) is 0 Å². The van der Waals surface area contributed by atoms with Crippen LogP contribution in [0.15, 0.2) is 0 Å². The number of nitrogens with two attached hydrogens (primary N) is 1. The first-order valence-corrected chi connectivity index (χ1v) is 7.87. The standard InChI is InChI=1S/C11H23NO3S/c1-2-16(14,15)9-3-6-11(13)7-4-10(12)5-8-11/h10,13H,2-9,12H2,1H3. The zero-order chi connectivity index (χ0) is 12.2. The molecule has 0 aromatic rings. The fourth-order valence-corrected chi connectivity index (χ4v) is 3.07. The Kier molecular flexibility index (Phi) is 4.76. The van der Waals surface area contributed by atoms with Crippen LogP contribution in [0.4, 0.5) is 0 Å². The molecule has 0 unspecified atom stereocenters. The molecule has 16 heavy (non-hydrogen) atoms. The Balaban J connectivity index is 2.32. The van der Waals surface area contributed by atoms with Gasteiger partial charge in [0.1, 0.15) is 9.84 Å². The van der Waals surface area contributed by atoms with Crippen LogP contribution in [-0.4, -0.2) is 36.7 Å². The number of hydrogen-bond acceptors (Lipinski definition) is 4. The summed E-state index contributed by atoms with van der Waals surface area (Å²) in [4.78, 5) is 0. The van der Waals surface area contributed by atoms with E-state index in [1.54, 1.807) is 6.92 Å². The van der Waals surface area contributed by atoms with Gasteiger partial charge in [0, 0.05) is 11.8 Å². The highest BCUT2D eigenvalue weighted by atomic mass is 32.2. The SMILES string of the molecule is CCS(=O)(=O)CCCC1(O)CCC(N)CC1. The van der Waals surface area contributed by atoms with Crippen LogP contribution in [0.1, 0.15) is 45.4 Å². The largest absolute Gasteiger partial charge is 0.390 e. The Morgan fingerprint density at radius 3 is 2.44 bits per heavy atom. The maximum atomic E-state index is 11.3. The van der Waals surface area contributed by atoms with Gasteiger partial charge in [-0.15, -0.1) is 0 Å². The van der Waals surface area contributed by atoms with Crippen molar-refractivity contribution in [2.24, 2.45) is 5.73 Å². The predicted molar refractivity (Wildman–Crippen MR) is 65.0 cm³/mol. The maximum absolute atomic E-state index is 11.3. The second kappa shape index (κ2) is 5.47. The third kappa shape index (κ3) is 4.39. The fourth-order valence-electron chi connectivity index (χ4n) is 2.19. The quantitative estimate of drug-likeness (QED) is 0.756. The van der Waals surface area contributed by atoms with Crippen LogP contribution in [-0.2, 0) is 9.84 Å². The molecule has 4 nitrogen and oxygen atoms in total. The molecule has 1 rings (SSSR count). The van der Waals surface area contributed by atoms with Crippen LogP contribution in [0.3, 0.4) is 0 Å². The van der Waals surface area contributed by atoms with Crippen LogP contribution in [0.5, 0.6) is 0 Å². The Bertz CT molecular complexity index is 305. The third-order valence-corrected chi connectivity index (χ3v) is 5.29. The summed E-state index contributed by atoms with van der Waals surface area (Å²) in [7, 11) is -2.89. The van der Waals surface area contributed by atoms with Crippen molar-refractivity contribution in [2.75, 3.05) is 11.5 Å². The van der Waals surface area contributed by atoms with E-state index in [1.165, 1.54) is 0 Å². The van der Waals surface area contributed by atoms with Gasteiger partial charge in [0.2, 0.25) is 0 Å². The molecule has 0 saturated heterocycles. The molecule has 3 N–H and O–H groups in total. The monoisotopic (exact) mass is 249 g/mol. The Hall–Kier alpha value is -0.130. The molecule has 1 aliphatic carbocycles. The molecule has 0 amide bonds. The van der Waals surface area contributed by atoms with Gasteiger partial charge >= 0.3 is 0 Å². The summed E-state index contributed by atoms with van der Waals surface area (Å²) in [6.07, 6.45) is 4.25. The highest BCUT2D eigenvalue weighted by Crippen LogP contribution is 2.31. The van der Waals surface area contributed by atoms with Gasteiger partial charge < -0.3 is 10.8 Å². The van der Waals surface area contributed by atoms with Crippen LogP contribution in [0.25, 0.3) is 0 Å². The van der Waals surface area contributed by atoms with Crippen molar-refractivity contribution in [2.45, 2.75) is 57.1 Å². The van der Waals surface area contributed by atoms with E-state index in [9.17, 15) is 13.5 Å². The minimum absolute atomic E-state index is 0.191. The molecule has 0 aliphatic heterocycles. The number of hydrogen-bond donors (Lipinski definition) is 2. The van der Waals surface area contributed by atoms with Crippen LogP contribution < -0.4 is 5.73 Å². The van der Waals surface area contributed by atoms with Crippen molar-refractivity contribution in [3.05, 3.63) is 0 Å². The van der Waals surface area contributed by atoms with E-state index in [1.807, 2.05) is 0 Å². The zero-order valence-corrected chi connectivity index (χ0v) is 10.8. The summed E-state index contributed by atoms with van der Waals surface area (Å²) >= 11 is 0. The molecule has 0 aromatic heterocycles. The van der Waals surface area contributed by atoms with Gasteiger partial charge in [0.15, 0.2) is 0 Å². The van der Waals surface area contributed by atoms with Gasteiger partial charge in [0.25, 0.3) is 0 Å². The molecule has 96 valence electrons. The van der Waals surface area contributed by atoms with Gasteiger partial charge in [-0.25, -0.2) is 8.42 Å². The topological polar surface area (TPSA) is 80.4 Å². The Morgan fingerprint density at radius 1 is 1.38 bits per heavy atom. The minimum atomic E-state index is -2.89. The van der Waals surface area contributed by atoms with Crippen molar-refractivity contribution < 1.29 is 13.5 Å². The smallest absolute Gasteiger partial charge is 0.150 e. The summed E-state index contributed by atoms with van der Waals surface area (Å²) in [6, 6.07) is 0.208. The predicted octanol–water partition coefficient (Wildman–Crippen LogP) is 0.834. The zero-order valence-electron chi connectivity index (χ0n) is 9.98. The molecule has 0 radical (unpaired) electrons.